The Bertz CT molecular complexity index is 1170. The molecular weight excluding hydrogens is 456 g/mol. The van der Waals surface area contributed by atoms with E-state index in [4.69, 9.17) is 14.2 Å². The van der Waals surface area contributed by atoms with Gasteiger partial charge in [-0.25, -0.2) is 18.7 Å². The van der Waals surface area contributed by atoms with Crippen molar-refractivity contribution in [1.82, 2.24) is 14.9 Å². The highest BCUT2D eigenvalue weighted by Crippen LogP contribution is 2.33. The fourth-order valence-electron chi connectivity index (χ4n) is 3.88. The molecule has 0 aliphatic carbocycles. The number of benzene rings is 2. The van der Waals surface area contributed by atoms with Gasteiger partial charge >= 0.3 is 0 Å². The highest BCUT2D eigenvalue weighted by atomic mass is 19.1. The number of piperazine rings is 1. The molecule has 0 saturated carbocycles. The molecule has 0 radical (unpaired) electrons. The maximum absolute atomic E-state index is 14.5. The number of methoxy groups -OCH3 is 2. The van der Waals surface area contributed by atoms with E-state index >= 15 is 0 Å². The van der Waals surface area contributed by atoms with Crippen LogP contribution in [0.1, 0.15) is 11.1 Å². The van der Waals surface area contributed by atoms with Gasteiger partial charge in [0.1, 0.15) is 18.2 Å². The summed E-state index contributed by atoms with van der Waals surface area (Å²) in [5.74, 6) is -0.0431. The van der Waals surface area contributed by atoms with Crippen LogP contribution in [0.15, 0.2) is 36.7 Å². The maximum atomic E-state index is 14.5. The third kappa shape index (κ3) is 5.54. The van der Waals surface area contributed by atoms with E-state index in [0.717, 1.165) is 43.3 Å². The molecule has 3 aromatic rings. The lowest BCUT2D eigenvalue weighted by Crippen LogP contribution is -2.44. The number of halogens is 2. The van der Waals surface area contributed by atoms with Crippen molar-refractivity contribution in [3.63, 3.8) is 0 Å². The monoisotopic (exact) mass is 485 g/mol. The summed E-state index contributed by atoms with van der Waals surface area (Å²) in [5, 5.41) is 3.18. The van der Waals surface area contributed by atoms with Gasteiger partial charge in [-0.3, -0.25) is 0 Å². The van der Waals surface area contributed by atoms with Gasteiger partial charge in [0.05, 0.1) is 37.9 Å². The first kappa shape index (κ1) is 24.5. The third-order valence-electron chi connectivity index (χ3n) is 5.95. The topological polar surface area (TPSA) is 72.0 Å². The minimum Gasteiger partial charge on any atom is -0.495 e. The van der Waals surface area contributed by atoms with Gasteiger partial charge in [0.25, 0.3) is 0 Å². The van der Waals surface area contributed by atoms with Crippen molar-refractivity contribution < 1.29 is 23.0 Å². The van der Waals surface area contributed by atoms with Crippen LogP contribution in [0.3, 0.4) is 0 Å². The zero-order valence-electron chi connectivity index (χ0n) is 20.3. The Hall–Kier alpha value is -3.66. The molecule has 0 bridgehead atoms. The van der Waals surface area contributed by atoms with Gasteiger partial charge in [0.15, 0.2) is 17.3 Å². The minimum absolute atomic E-state index is 0.0336. The molecule has 0 atom stereocenters. The van der Waals surface area contributed by atoms with Crippen molar-refractivity contribution in [2.45, 2.75) is 13.5 Å². The Balaban J connectivity index is 1.44. The number of rotatable bonds is 8. The SMILES string of the molecule is COc1ccc(Nc2ncc(OCc3c(F)c(C)cc(OC)c3F)cn2)cc1N1CCN(C)CC1. The Morgan fingerprint density at radius 2 is 1.63 bits per heavy atom. The Kier molecular flexibility index (Phi) is 7.50. The van der Waals surface area contributed by atoms with Crippen LogP contribution in [0.5, 0.6) is 17.2 Å². The lowest BCUT2D eigenvalue weighted by Gasteiger charge is -2.34. The summed E-state index contributed by atoms with van der Waals surface area (Å²) in [6.07, 6.45) is 2.89. The van der Waals surface area contributed by atoms with Crippen LogP contribution in [0.2, 0.25) is 0 Å². The molecule has 1 N–H and O–H groups in total. The molecule has 0 spiro atoms. The van der Waals surface area contributed by atoms with E-state index in [1.54, 1.807) is 14.0 Å². The van der Waals surface area contributed by atoms with Crippen molar-refractivity contribution >= 4 is 17.3 Å². The average molecular weight is 486 g/mol. The normalized spacial score (nSPS) is 14.1. The number of likely N-dealkylation sites (N-methyl/N-ethyl adjacent to an activating group) is 1. The molecule has 1 fully saturated rings. The van der Waals surface area contributed by atoms with Crippen LogP contribution in [0.25, 0.3) is 0 Å². The molecule has 35 heavy (non-hydrogen) atoms. The van der Waals surface area contributed by atoms with Gasteiger partial charge in [0, 0.05) is 31.9 Å². The summed E-state index contributed by atoms with van der Waals surface area (Å²) in [6.45, 7) is 5.00. The predicted molar refractivity (Wildman–Crippen MR) is 130 cm³/mol. The molecule has 4 rings (SSSR count). The van der Waals surface area contributed by atoms with Crippen LogP contribution in [-0.2, 0) is 6.61 Å². The van der Waals surface area contributed by atoms with E-state index < -0.39 is 11.6 Å². The summed E-state index contributed by atoms with van der Waals surface area (Å²) >= 11 is 0. The number of aryl methyl sites for hydroxylation is 1. The van der Waals surface area contributed by atoms with E-state index in [2.05, 4.69) is 32.1 Å². The number of hydrogen-bond donors (Lipinski definition) is 1. The van der Waals surface area contributed by atoms with E-state index in [1.165, 1.54) is 25.6 Å². The van der Waals surface area contributed by atoms with Gasteiger partial charge < -0.3 is 29.3 Å². The lowest BCUT2D eigenvalue weighted by molar-refractivity contribution is 0.285. The Morgan fingerprint density at radius 1 is 0.943 bits per heavy atom. The molecule has 0 unspecified atom stereocenters. The molecule has 8 nitrogen and oxygen atoms in total. The summed E-state index contributed by atoms with van der Waals surface area (Å²) in [4.78, 5) is 13.1. The molecule has 2 heterocycles. The van der Waals surface area contributed by atoms with E-state index in [1.807, 2.05) is 18.2 Å². The van der Waals surface area contributed by atoms with E-state index in [9.17, 15) is 8.78 Å². The molecule has 1 saturated heterocycles. The van der Waals surface area contributed by atoms with Crippen molar-refractivity contribution in [1.29, 1.82) is 0 Å². The molecule has 1 aromatic heterocycles. The number of nitrogens with zero attached hydrogens (tertiary/aromatic N) is 4. The summed E-state index contributed by atoms with van der Waals surface area (Å²) < 4.78 is 44.9. The summed E-state index contributed by atoms with van der Waals surface area (Å²) in [6, 6.07) is 7.12. The van der Waals surface area contributed by atoms with Crippen LogP contribution >= 0.6 is 0 Å². The molecule has 1 aliphatic rings. The summed E-state index contributed by atoms with van der Waals surface area (Å²) in [7, 11) is 5.10. The first-order valence-corrected chi connectivity index (χ1v) is 11.2. The number of aromatic nitrogens is 2. The van der Waals surface area contributed by atoms with E-state index in [0.29, 0.717) is 5.95 Å². The standard InChI is InChI=1S/C25H29F2N5O3/c1-16-11-22(34-4)24(27)19(23(16)26)15-35-18-13-28-25(29-14-18)30-17-5-6-21(33-3)20(12-17)32-9-7-31(2)8-10-32/h5-6,11-14H,7-10,15H2,1-4H3,(H,28,29,30). The second-order valence-corrected chi connectivity index (χ2v) is 8.34. The molecule has 1 aliphatic heterocycles. The zero-order valence-corrected chi connectivity index (χ0v) is 20.3. The van der Waals surface area contributed by atoms with Crippen molar-refractivity contribution in [3.8, 4) is 17.2 Å². The molecule has 10 heteroatoms. The smallest absolute Gasteiger partial charge is 0.227 e. The number of anilines is 3. The molecule has 0 amide bonds. The van der Waals surface area contributed by atoms with Crippen molar-refractivity contribution in [3.05, 3.63) is 59.4 Å². The number of hydrogen-bond acceptors (Lipinski definition) is 8. The van der Waals surface area contributed by atoms with Crippen molar-refractivity contribution in [2.24, 2.45) is 0 Å². The molecular formula is C25H29F2N5O3. The minimum atomic E-state index is -0.787. The Morgan fingerprint density at radius 3 is 2.29 bits per heavy atom. The summed E-state index contributed by atoms with van der Waals surface area (Å²) in [5.41, 5.74) is 1.87. The second-order valence-electron chi connectivity index (χ2n) is 8.34. The Labute approximate surface area is 203 Å². The number of nitrogens with one attached hydrogen (secondary N) is 1. The number of ether oxygens (including phenoxy) is 3. The van der Waals surface area contributed by atoms with Gasteiger partial charge in [-0.2, -0.15) is 0 Å². The highest BCUT2D eigenvalue weighted by molar-refractivity contribution is 5.68. The van der Waals surface area contributed by atoms with Gasteiger partial charge in [-0.05, 0) is 43.8 Å². The van der Waals surface area contributed by atoms with Crippen LogP contribution in [0.4, 0.5) is 26.1 Å². The van der Waals surface area contributed by atoms with Gasteiger partial charge in [0.2, 0.25) is 5.95 Å². The van der Waals surface area contributed by atoms with Crippen LogP contribution in [-0.4, -0.2) is 62.3 Å². The van der Waals surface area contributed by atoms with Gasteiger partial charge in [-0.1, -0.05) is 0 Å². The van der Waals surface area contributed by atoms with Crippen molar-refractivity contribution in [2.75, 3.05) is 57.7 Å². The van der Waals surface area contributed by atoms with Crippen LogP contribution in [0, 0.1) is 18.6 Å². The molecule has 186 valence electrons. The van der Waals surface area contributed by atoms with Crippen LogP contribution < -0.4 is 24.4 Å². The first-order chi connectivity index (χ1) is 16.9. The largest absolute Gasteiger partial charge is 0.495 e. The predicted octanol–water partition coefficient (Wildman–Crippen LogP) is 4.15. The van der Waals surface area contributed by atoms with Gasteiger partial charge in [-0.15, -0.1) is 0 Å². The van der Waals surface area contributed by atoms with E-state index in [-0.39, 0.29) is 29.2 Å². The fourth-order valence-corrected chi connectivity index (χ4v) is 3.88. The highest BCUT2D eigenvalue weighted by Gasteiger charge is 2.19. The first-order valence-electron chi connectivity index (χ1n) is 11.2. The quantitative estimate of drug-likeness (QED) is 0.510. The molecule has 2 aromatic carbocycles. The second kappa shape index (κ2) is 10.7. The fraction of sp³-hybridized carbons (Fsp3) is 0.360. The maximum Gasteiger partial charge on any atom is 0.227 e. The third-order valence-corrected chi connectivity index (χ3v) is 5.95. The lowest BCUT2D eigenvalue weighted by atomic mass is 10.1. The zero-order chi connectivity index (χ0) is 24.9. The average Bonchev–Trinajstić information content (AvgIpc) is 2.87.